The van der Waals surface area contributed by atoms with Gasteiger partial charge in [-0.1, -0.05) is 42.5 Å². The number of hydrogen-bond donors (Lipinski definition) is 1. The molecule has 0 fully saturated rings. The molecule has 0 saturated carbocycles. The molecule has 8 nitrogen and oxygen atoms in total. The van der Waals surface area contributed by atoms with Crippen molar-refractivity contribution >= 4 is 16.8 Å². The summed E-state index contributed by atoms with van der Waals surface area (Å²) in [7, 11) is 0. The average Bonchev–Trinajstić information content (AvgIpc) is 3.27. The average molecular weight is 388 g/mol. The Morgan fingerprint density at radius 1 is 1.00 bits per heavy atom. The molecule has 0 saturated heterocycles. The van der Waals surface area contributed by atoms with Crippen LogP contribution in [0.3, 0.4) is 0 Å². The van der Waals surface area contributed by atoms with E-state index in [1.807, 2.05) is 36.4 Å². The second-order valence-corrected chi connectivity index (χ2v) is 6.62. The Morgan fingerprint density at radius 2 is 1.72 bits per heavy atom. The van der Waals surface area contributed by atoms with E-state index < -0.39 is 0 Å². The number of rotatable bonds is 7. The SMILES string of the molecule is O=C(CCn1cnc2ccccc2c1=O)N[C@@H](Cn1nccn1)c1ccccc1. The van der Waals surface area contributed by atoms with Gasteiger partial charge in [0.05, 0.1) is 42.2 Å². The normalized spacial score (nSPS) is 12.0. The van der Waals surface area contributed by atoms with Crippen molar-refractivity contribution < 1.29 is 4.79 Å². The third kappa shape index (κ3) is 4.37. The number of hydrogen-bond acceptors (Lipinski definition) is 5. The highest BCUT2D eigenvalue weighted by molar-refractivity contribution is 5.77. The van der Waals surface area contributed by atoms with E-state index in [1.54, 1.807) is 30.6 Å². The van der Waals surface area contributed by atoms with E-state index in [-0.39, 0.29) is 30.5 Å². The van der Waals surface area contributed by atoms with Gasteiger partial charge in [-0.05, 0) is 17.7 Å². The van der Waals surface area contributed by atoms with E-state index in [2.05, 4.69) is 20.5 Å². The molecule has 2 aromatic heterocycles. The number of aryl methyl sites for hydroxylation is 1. The number of benzene rings is 2. The second-order valence-electron chi connectivity index (χ2n) is 6.62. The smallest absolute Gasteiger partial charge is 0.261 e. The minimum atomic E-state index is -0.275. The van der Waals surface area contributed by atoms with Crippen LogP contribution in [-0.4, -0.2) is 30.5 Å². The van der Waals surface area contributed by atoms with E-state index in [9.17, 15) is 9.59 Å². The highest BCUT2D eigenvalue weighted by Gasteiger charge is 2.16. The Hall–Kier alpha value is -3.81. The predicted octanol–water partition coefficient (Wildman–Crippen LogP) is 1.94. The first-order valence-electron chi connectivity index (χ1n) is 9.33. The molecular weight excluding hydrogens is 368 g/mol. The first kappa shape index (κ1) is 18.5. The monoisotopic (exact) mass is 388 g/mol. The van der Waals surface area contributed by atoms with Gasteiger partial charge in [0.2, 0.25) is 5.91 Å². The van der Waals surface area contributed by atoms with Crippen LogP contribution in [0.5, 0.6) is 0 Å². The van der Waals surface area contributed by atoms with E-state index in [0.29, 0.717) is 17.4 Å². The standard InChI is InChI=1S/C21H20N6O2/c28-20(10-13-26-15-22-18-9-5-4-8-17(18)21(26)29)25-19(14-27-23-11-12-24-27)16-6-2-1-3-7-16/h1-9,11-12,15,19H,10,13-14H2,(H,25,28)/t19-/m0/s1. The highest BCUT2D eigenvalue weighted by atomic mass is 16.2. The summed E-state index contributed by atoms with van der Waals surface area (Å²) in [5.74, 6) is -0.161. The fourth-order valence-corrected chi connectivity index (χ4v) is 3.17. The summed E-state index contributed by atoms with van der Waals surface area (Å²) in [5.41, 5.74) is 1.46. The lowest BCUT2D eigenvalue weighted by Gasteiger charge is -2.19. The molecule has 0 radical (unpaired) electrons. The first-order chi connectivity index (χ1) is 14.2. The molecule has 4 aromatic rings. The molecule has 2 aromatic carbocycles. The maximum atomic E-state index is 12.6. The lowest BCUT2D eigenvalue weighted by atomic mass is 10.1. The largest absolute Gasteiger partial charge is 0.347 e. The Bertz CT molecular complexity index is 1150. The number of nitrogens with one attached hydrogen (secondary N) is 1. The van der Waals surface area contributed by atoms with Crippen molar-refractivity contribution in [2.45, 2.75) is 25.6 Å². The number of carbonyl (C=O) groups is 1. The van der Waals surface area contributed by atoms with Crippen LogP contribution in [0, 0.1) is 0 Å². The fourth-order valence-electron chi connectivity index (χ4n) is 3.17. The van der Waals surface area contributed by atoms with Gasteiger partial charge in [0.15, 0.2) is 0 Å². The molecule has 0 aliphatic carbocycles. The summed E-state index contributed by atoms with van der Waals surface area (Å²) in [4.78, 5) is 31.0. The van der Waals surface area contributed by atoms with Crippen molar-refractivity contribution in [2.24, 2.45) is 0 Å². The van der Waals surface area contributed by atoms with Gasteiger partial charge in [-0.25, -0.2) is 4.98 Å². The molecule has 8 heteroatoms. The van der Waals surface area contributed by atoms with Gasteiger partial charge in [-0.3, -0.25) is 14.2 Å². The Labute approximate surface area is 166 Å². The Morgan fingerprint density at radius 3 is 2.52 bits per heavy atom. The first-order valence-corrected chi connectivity index (χ1v) is 9.33. The van der Waals surface area contributed by atoms with Crippen molar-refractivity contribution in [1.82, 2.24) is 29.9 Å². The number of carbonyl (C=O) groups excluding carboxylic acids is 1. The maximum absolute atomic E-state index is 12.6. The van der Waals surface area contributed by atoms with Crippen LogP contribution >= 0.6 is 0 Å². The molecule has 4 rings (SSSR count). The molecule has 0 unspecified atom stereocenters. The minimum absolute atomic E-state index is 0.149. The van der Waals surface area contributed by atoms with Crippen LogP contribution in [0.15, 0.2) is 78.1 Å². The molecule has 2 heterocycles. The molecule has 0 aliphatic heterocycles. The Balaban J connectivity index is 1.46. The van der Waals surface area contributed by atoms with Crippen molar-refractivity contribution in [2.75, 3.05) is 0 Å². The van der Waals surface area contributed by atoms with E-state index in [0.717, 1.165) is 5.56 Å². The molecule has 146 valence electrons. The zero-order valence-corrected chi connectivity index (χ0v) is 15.7. The molecule has 0 spiro atoms. The number of nitrogens with zero attached hydrogens (tertiary/aromatic N) is 5. The minimum Gasteiger partial charge on any atom is -0.347 e. The molecular formula is C21H20N6O2. The zero-order valence-electron chi connectivity index (χ0n) is 15.7. The number of aromatic nitrogens is 5. The fraction of sp³-hybridized carbons (Fsp3) is 0.190. The second kappa shape index (κ2) is 8.47. The summed E-state index contributed by atoms with van der Waals surface area (Å²) < 4.78 is 1.47. The van der Waals surface area contributed by atoms with Crippen LogP contribution in [0.25, 0.3) is 10.9 Å². The lowest BCUT2D eigenvalue weighted by Crippen LogP contribution is -2.33. The molecule has 1 amide bonds. The molecule has 0 aliphatic rings. The van der Waals surface area contributed by atoms with Crippen molar-refractivity contribution in [3.8, 4) is 0 Å². The summed E-state index contributed by atoms with van der Waals surface area (Å²) in [6, 6.07) is 16.6. The number of para-hydroxylation sites is 1. The lowest BCUT2D eigenvalue weighted by molar-refractivity contribution is -0.122. The van der Waals surface area contributed by atoms with Crippen molar-refractivity contribution in [3.63, 3.8) is 0 Å². The van der Waals surface area contributed by atoms with Crippen LogP contribution < -0.4 is 10.9 Å². The summed E-state index contributed by atoms with van der Waals surface area (Å²) in [5, 5.41) is 11.8. The van der Waals surface area contributed by atoms with Gasteiger partial charge in [0, 0.05) is 13.0 Å². The van der Waals surface area contributed by atoms with Crippen LogP contribution in [0.4, 0.5) is 0 Å². The predicted molar refractivity (Wildman–Crippen MR) is 108 cm³/mol. The third-order valence-corrected chi connectivity index (χ3v) is 4.66. The van der Waals surface area contributed by atoms with Gasteiger partial charge >= 0.3 is 0 Å². The summed E-state index contributed by atoms with van der Waals surface area (Å²) >= 11 is 0. The summed E-state index contributed by atoms with van der Waals surface area (Å²) in [6.07, 6.45) is 4.85. The van der Waals surface area contributed by atoms with Crippen molar-refractivity contribution in [3.05, 3.63) is 89.2 Å². The van der Waals surface area contributed by atoms with Crippen LogP contribution in [-0.2, 0) is 17.9 Å². The maximum Gasteiger partial charge on any atom is 0.261 e. The molecule has 0 bridgehead atoms. The van der Waals surface area contributed by atoms with Gasteiger partial charge in [-0.15, -0.1) is 0 Å². The highest BCUT2D eigenvalue weighted by Crippen LogP contribution is 2.14. The van der Waals surface area contributed by atoms with Crippen LogP contribution in [0.1, 0.15) is 18.0 Å². The van der Waals surface area contributed by atoms with Gasteiger partial charge < -0.3 is 5.32 Å². The third-order valence-electron chi connectivity index (χ3n) is 4.66. The quantitative estimate of drug-likeness (QED) is 0.522. The zero-order chi connectivity index (χ0) is 20.1. The molecule has 29 heavy (non-hydrogen) atoms. The van der Waals surface area contributed by atoms with Crippen molar-refractivity contribution in [1.29, 1.82) is 0 Å². The molecule has 1 atom stereocenters. The van der Waals surface area contributed by atoms with E-state index in [1.165, 1.54) is 15.7 Å². The van der Waals surface area contributed by atoms with Gasteiger partial charge in [0.1, 0.15) is 0 Å². The van der Waals surface area contributed by atoms with Crippen LogP contribution in [0.2, 0.25) is 0 Å². The Kier molecular flexibility index (Phi) is 5.42. The van der Waals surface area contributed by atoms with Gasteiger partial charge in [0.25, 0.3) is 5.56 Å². The number of amides is 1. The molecule has 1 N–H and O–H groups in total. The summed E-state index contributed by atoms with van der Waals surface area (Å²) in [6.45, 7) is 0.671. The topological polar surface area (TPSA) is 94.7 Å². The number of fused-ring (bicyclic) bond motifs is 1. The van der Waals surface area contributed by atoms with E-state index >= 15 is 0 Å². The van der Waals surface area contributed by atoms with Gasteiger partial charge in [-0.2, -0.15) is 15.0 Å². The van der Waals surface area contributed by atoms with E-state index in [4.69, 9.17) is 0 Å².